The van der Waals surface area contributed by atoms with E-state index in [4.69, 9.17) is 24.1 Å². The minimum atomic E-state index is -1.17. The second kappa shape index (κ2) is 18.6. The first-order valence-corrected chi connectivity index (χ1v) is 17.9. The fourth-order valence-corrected chi connectivity index (χ4v) is 6.67. The summed E-state index contributed by atoms with van der Waals surface area (Å²) in [7, 11) is 1.51. The number of nitrogens with zero attached hydrogens (tertiary/aromatic N) is 1. The highest BCUT2D eigenvalue weighted by Crippen LogP contribution is 2.37. The van der Waals surface area contributed by atoms with Gasteiger partial charge in [-0.1, -0.05) is 45.1 Å². The van der Waals surface area contributed by atoms with Gasteiger partial charge in [0.2, 0.25) is 0 Å². The van der Waals surface area contributed by atoms with Gasteiger partial charge < -0.3 is 49.6 Å². The van der Waals surface area contributed by atoms with Crippen molar-refractivity contribution in [2.45, 2.75) is 140 Å². The van der Waals surface area contributed by atoms with Gasteiger partial charge in [0.05, 0.1) is 36.4 Å². The monoisotopic (exact) mass is 708 g/mol. The Morgan fingerprint density at radius 1 is 1.30 bits per heavy atom. The van der Waals surface area contributed by atoms with E-state index in [1.54, 1.807) is 43.1 Å². The van der Waals surface area contributed by atoms with Crippen LogP contribution in [0.4, 0.5) is 4.79 Å². The first-order chi connectivity index (χ1) is 23.5. The molecular formula is C37H60N2O11. The van der Waals surface area contributed by atoms with E-state index in [0.717, 1.165) is 0 Å². The second-order valence-corrected chi connectivity index (χ2v) is 14.7. The predicted molar refractivity (Wildman–Crippen MR) is 186 cm³/mol. The van der Waals surface area contributed by atoms with E-state index in [-0.39, 0.29) is 55.8 Å². The van der Waals surface area contributed by atoms with Gasteiger partial charge in [-0.05, 0) is 58.1 Å². The lowest BCUT2D eigenvalue weighted by molar-refractivity contribution is -0.151. The topological polar surface area (TPSA) is 188 Å². The molecule has 50 heavy (non-hydrogen) atoms. The molecule has 0 aromatic rings. The summed E-state index contributed by atoms with van der Waals surface area (Å²) in [5.41, 5.74) is -1.50. The summed E-state index contributed by atoms with van der Waals surface area (Å²) in [6, 6.07) is -0.173. The van der Waals surface area contributed by atoms with Crippen LogP contribution in [0.5, 0.6) is 0 Å². The van der Waals surface area contributed by atoms with Gasteiger partial charge in [0, 0.05) is 57.5 Å². The molecule has 2 fully saturated rings. The molecule has 13 nitrogen and oxygen atoms in total. The highest BCUT2D eigenvalue weighted by atomic mass is 16.6. The third-order valence-electron chi connectivity index (χ3n) is 10.3. The number of carboxylic acid groups (broad SMARTS) is 1. The second-order valence-electron chi connectivity index (χ2n) is 14.7. The maximum Gasteiger partial charge on any atom is 0.410 e. The smallest absolute Gasteiger partial charge is 0.410 e. The number of piperazine rings is 1. The molecule has 284 valence electrons. The summed E-state index contributed by atoms with van der Waals surface area (Å²) < 4.78 is 23.6. The lowest BCUT2D eigenvalue weighted by atomic mass is 9.88. The molecule has 0 aliphatic carbocycles. The molecule has 0 saturated carbocycles. The van der Waals surface area contributed by atoms with Crippen molar-refractivity contribution < 1.29 is 53.8 Å². The van der Waals surface area contributed by atoms with Crippen LogP contribution in [-0.2, 0) is 28.5 Å². The highest BCUT2D eigenvalue weighted by molar-refractivity contribution is 5.70. The first-order valence-electron chi connectivity index (χ1n) is 17.9. The molecule has 11 atom stereocenters. The van der Waals surface area contributed by atoms with Crippen LogP contribution in [0.1, 0.15) is 86.5 Å². The number of ether oxygens (including phenoxy) is 4. The fraction of sp³-hybridized carbons (Fsp3) is 0.757. The molecule has 3 heterocycles. The summed E-state index contributed by atoms with van der Waals surface area (Å²) in [6.07, 6.45) is 6.52. The third kappa shape index (κ3) is 12.4. The lowest BCUT2D eigenvalue weighted by Crippen LogP contribution is -2.54. The number of aliphatic hydroxyl groups is 3. The van der Waals surface area contributed by atoms with Gasteiger partial charge in [0.1, 0.15) is 11.7 Å². The molecule has 0 radical (unpaired) electrons. The number of allylic oxidation sites excluding steroid dienone is 2. The van der Waals surface area contributed by atoms with E-state index in [0.29, 0.717) is 44.5 Å². The quantitative estimate of drug-likeness (QED) is 0.0813. The largest absolute Gasteiger partial charge is 0.481 e. The minimum Gasteiger partial charge on any atom is -0.481 e. The number of aliphatic hydroxyl groups excluding tert-OH is 2. The van der Waals surface area contributed by atoms with Crippen LogP contribution in [0.15, 0.2) is 36.0 Å². The summed E-state index contributed by atoms with van der Waals surface area (Å²) in [5, 5.41) is 44.3. The van der Waals surface area contributed by atoms with Gasteiger partial charge in [0.25, 0.3) is 0 Å². The van der Waals surface area contributed by atoms with Crippen molar-refractivity contribution in [2.75, 3.05) is 26.7 Å². The number of methoxy groups -OCH3 is 1. The number of hydrogen-bond acceptors (Lipinski definition) is 11. The SMILES string of the molecule is CC[C@H](O)[C@@H](C)[C@@H]1O[C@@H]1C[C@@](C)(O)/C=C/C=C(\C)[C@H]1OC(=O)C[C@H](O)CC[C@@](C)(OC)[C@@H](OC(=O)N2CCNC(CCC(=O)O)C2)/C=C\[C@@H]1C. The predicted octanol–water partition coefficient (Wildman–Crippen LogP) is 3.50. The van der Waals surface area contributed by atoms with Crippen LogP contribution in [-0.4, -0.2) is 124 Å². The van der Waals surface area contributed by atoms with Gasteiger partial charge in [-0.2, -0.15) is 0 Å². The number of carbonyl (C=O) groups is 3. The Bertz CT molecular complexity index is 1240. The normalized spacial score (nSPS) is 34.4. The van der Waals surface area contributed by atoms with Crippen LogP contribution < -0.4 is 5.32 Å². The standard InChI is InChI=1S/C37H60N2O11/c1-8-28(41)25(4)34-29(48-34)21-36(5,46)16-9-10-23(2)33-24(3)11-13-30(37(6,47-7)17-15-27(40)20-32(44)50-33)49-35(45)39-19-18-38-26(22-39)12-14-31(42)43/h9-11,13,16,24-30,33-34,38,40-41,46H,8,12,14-15,17-22H2,1-7H3,(H,42,43)/b13-11-,16-9+,23-10+/t24-,25+,26?,27+,28-,29+,30-,33+,34-,36-,37+/m0/s1. The summed E-state index contributed by atoms with van der Waals surface area (Å²) in [6.45, 7) is 12.3. The summed E-state index contributed by atoms with van der Waals surface area (Å²) >= 11 is 0. The number of amides is 1. The zero-order valence-corrected chi connectivity index (χ0v) is 30.7. The zero-order chi connectivity index (χ0) is 37.2. The molecule has 3 aliphatic heterocycles. The zero-order valence-electron chi connectivity index (χ0n) is 30.7. The van der Waals surface area contributed by atoms with E-state index < -0.39 is 53.6 Å². The van der Waals surface area contributed by atoms with Crippen molar-refractivity contribution >= 4 is 18.0 Å². The molecule has 2 saturated heterocycles. The van der Waals surface area contributed by atoms with Crippen molar-refractivity contribution in [3.05, 3.63) is 36.0 Å². The summed E-state index contributed by atoms with van der Waals surface area (Å²) in [4.78, 5) is 39.0. The third-order valence-corrected chi connectivity index (χ3v) is 10.3. The Labute approximate surface area is 296 Å². The van der Waals surface area contributed by atoms with Gasteiger partial charge in [0.15, 0.2) is 6.10 Å². The average molecular weight is 709 g/mol. The number of nitrogens with one attached hydrogen (secondary N) is 1. The van der Waals surface area contributed by atoms with E-state index in [9.17, 15) is 29.7 Å². The van der Waals surface area contributed by atoms with Crippen molar-refractivity contribution in [1.29, 1.82) is 0 Å². The Balaban J connectivity index is 1.77. The van der Waals surface area contributed by atoms with E-state index in [2.05, 4.69) is 5.32 Å². The van der Waals surface area contributed by atoms with Gasteiger partial charge in [-0.3, -0.25) is 9.59 Å². The molecule has 0 aromatic carbocycles. The number of carboxylic acids is 1. The minimum absolute atomic E-state index is 0.0112. The molecule has 13 heteroatoms. The maximum absolute atomic E-state index is 13.5. The van der Waals surface area contributed by atoms with E-state index in [1.165, 1.54) is 7.11 Å². The first kappa shape index (κ1) is 41.6. The number of rotatable bonds is 13. The number of epoxide rings is 1. The Kier molecular flexibility index (Phi) is 15.5. The molecule has 0 bridgehead atoms. The van der Waals surface area contributed by atoms with Crippen LogP contribution in [0.3, 0.4) is 0 Å². The van der Waals surface area contributed by atoms with Crippen molar-refractivity contribution in [2.24, 2.45) is 11.8 Å². The van der Waals surface area contributed by atoms with Crippen LogP contribution in [0.25, 0.3) is 0 Å². The van der Waals surface area contributed by atoms with Crippen LogP contribution in [0.2, 0.25) is 0 Å². The van der Waals surface area contributed by atoms with Crippen molar-refractivity contribution in [1.82, 2.24) is 10.2 Å². The number of hydrogen-bond donors (Lipinski definition) is 5. The van der Waals surface area contributed by atoms with E-state index >= 15 is 0 Å². The summed E-state index contributed by atoms with van der Waals surface area (Å²) in [5.74, 6) is -1.85. The molecule has 3 rings (SSSR count). The van der Waals surface area contributed by atoms with Crippen LogP contribution >= 0.6 is 0 Å². The average Bonchev–Trinajstić information content (AvgIpc) is 3.83. The molecule has 5 N–H and O–H groups in total. The van der Waals surface area contributed by atoms with Gasteiger partial charge >= 0.3 is 18.0 Å². The van der Waals surface area contributed by atoms with Crippen LogP contribution in [0, 0.1) is 11.8 Å². The molecule has 0 aromatic heterocycles. The molecule has 1 amide bonds. The number of esters is 1. The highest BCUT2D eigenvalue weighted by Gasteiger charge is 2.47. The van der Waals surface area contributed by atoms with Crippen molar-refractivity contribution in [3.63, 3.8) is 0 Å². The lowest BCUT2D eigenvalue weighted by Gasteiger charge is -2.38. The van der Waals surface area contributed by atoms with E-state index in [1.807, 2.05) is 33.8 Å². The molecule has 3 aliphatic rings. The molecular weight excluding hydrogens is 648 g/mol. The van der Waals surface area contributed by atoms with Gasteiger partial charge in [-0.15, -0.1) is 0 Å². The number of cyclic esters (lactones) is 1. The molecule has 1 unspecified atom stereocenters. The fourth-order valence-electron chi connectivity index (χ4n) is 6.67. The maximum atomic E-state index is 13.5. The Morgan fingerprint density at radius 2 is 2.02 bits per heavy atom. The Morgan fingerprint density at radius 3 is 2.68 bits per heavy atom. The van der Waals surface area contributed by atoms with Gasteiger partial charge in [-0.25, -0.2) is 4.79 Å². The van der Waals surface area contributed by atoms with Crippen molar-refractivity contribution in [3.8, 4) is 0 Å². The molecule has 0 spiro atoms. The number of aliphatic carboxylic acids is 1. The number of carbonyl (C=O) groups excluding carboxylic acids is 2. The Hall–Kier alpha value is -2.81.